The number of nitrogens with zero attached hydrogens (tertiary/aromatic N) is 2. The van der Waals surface area contributed by atoms with Gasteiger partial charge >= 0.3 is 0 Å². The average Bonchev–Trinajstić information content (AvgIpc) is 3.01. The predicted octanol–water partition coefficient (Wildman–Crippen LogP) is 3.86. The van der Waals surface area contributed by atoms with Gasteiger partial charge in [-0.3, -0.25) is 4.79 Å². The third-order valence-corrected chi connectivity index (χ3v) is 4.17. The van der Waals surface area contributed by atoms with E-state index in [1.165, 1.54) is 0 Å². The van der Waals surface area contributed by atoms with Gasteiger partial charge in [-0.2, -0.15) is 5.10 Å². The lowest BCUT2D eigenvalue weighted by Crippen LogP contribution is -2.18. The molecule has 0 saturated heterocycles. The van der Waals surface area contributed by atoms with Crippen LogP contribution in [0, 0.1) is 6.92 Å². The zero-order valence-corrected chi connectivity index (χ0v) is 14.8. The Labute approximate surface area is 155 Å². The Morgan fingerprint density at radius 2 is 1.92 bits per heavy atom. The van der Waals surface area contributed by atoms with Crippen LogP contribution in [0.4, 0.5) is 5.82 Å². The lowest BCUT2D eigenvalue weighted by Gasteiger charge is -2.18. The maximum Gasteiger partial charge on any atom is 0.256 e. The molecule has 0 fully saturated rings. The molecule has 1 aliphatic rings. The molecule has 2 aromatic carbocycles. The summed E-state index contributed by atoms with van der Waals surface area (Å²) in [4.78, 5) is 12.7. The first-order valence-corrected chi connectivity index (χ1v) is 8.51. The molecule has 1 N–H and O–H groups in total. The van der Waals surface area contributed by atoms with Gasteiger partial charge in [0.05, 0.1) is 11.4 Å². The highest BCUT2D eigenvalue weighted by atomic mass is 35.5. The fraction of sp³-hybridized carbons (Fsp3) is 0.158. The number of nitrogens with one attached hydrogen (secondary N) is 1. The van der Waals surface area contributed by atoms with Crippen molar-refractivity contribution < 1.29 is 14.3 Å². The van der Waals surface area contributed by atoms with Crippen molar-refractivity contribution in [3.63, 3.8) is 0 Å². The number of carbonyl (C=O) groups is 1. The van der Waals surface area contributed by atoms with Gasteiger partial charge < -0.3 is 14.8 Å². The van der Waals surface area contributed by atoms with Crippen LogP contribution in [0.2, 0.25) is 5.02 Å². The average molecular weight is 370 g/mol. The van der Waals surface area contributed by atoms with Gasteiger partial charge in [0, 0.05) is 16.7 Å². The summed E-state index contributed by atoms with van der Waals surface area (Å²) >= 11 is 6.07. The van der Waals surface area contributed by atoms with E-state index in [0.717, 1.165) is 11.4 Å². The van der Waals surface area contributed by atoms with Crippen LogP contribution in [0.1, 0.15) is 16.1 Å². The molecule has 0 bridgehead atoms. The number of ether oxygens (including phenoxy) is 2. The third kappa shape index (κ3) is 3.23. The minimum Gasteiger partial charge on any atom is -0.486 e. The fourth-order valence-electron chi connectivity index (χ4n) is 2.77. The van der Waals surface area contributed by atoms with E-state index < -0.39 is 0 Å². The molecular formula is C19H16ClN3O3. The van der Waals surface area contributed by atoms with E-state index in [1.807, 2.05) is 19.1 Å². The second-order valence-electron chi connectivity index (χ2n) is 5.88. The molecule has 0 aliphatic carbocycles. The minimum atomic E-state index is -0.259. The quantitative estimate of drug-likeness (QED) is 0.761. The second-order valence-corrected chi connectivity index (χ2v) is 6.31. The highest BCUT2D eigenvalue weighted by Crippen LogP contribution is 2.31. The first-order chi connectivity index (χ1) is 12.6. The SMILES string of the molecule is Cc1cc(NC(=O)c2ccc3c(c2)OCCO3)n(-c2cccc(Cl)c2)n1. The summed E-state index contributed by atoms with van der Waals surface area (Å²) in [5, 5.41) is 7.93. The molecule has 7 heteroatoms. The van der Waals surface area contributed by atoms with Crippen LogP contribution in [-0.4, -0.2) is 28.9 Å². The third-order valence-electron chi connectivity index (χ3n) is 3.93. The molecule has 1 aromatic heterocycles. The van der Waals surface area contributed by atoms with E-state index in [1.54, 1.807) is 41.1 Å². The topological polar surface area (TPSA) is 65.4 Å². The van der Waals surface area contributed by atoms with Gasteiger partial charge in [0.15, 0.2) is 11.5 Å². The standard InChI is InChI=1S/C19H16ClN3O3/c1-12-9-18(23(22-12)15-4-2-3-14(20)11-15)21-19(24)13-5-6-16-17(10-13)26-8-7-25-16/h2-6,9-11H,7-8H2,1H3,(H,21,24). The van der Waals surface area contributed by atoms with Gasteiger partial charge in [-0.1, -0.05) is 17.7 Å². The lowest BCUT2D eigenvalue weighted by molar-refractivity contribution is 0.102. The van der Waals surface area contributed by atoms with Crippen molar-refractivity contribution in [2.24, 2.45) is 0 Å². The molecule has 4 rings (SSSR count). The van der Waals surface area contributed by atoms with Gasteiger partial charge in [0.25, 0.3) is 5.91 Å². The van der Waals surface area contributed by atoms with Gasteiger partial charge in [-0.15, -0.1) is 0 Å². The van der Waals surface area contributed by atoms with Crippen molar-refractivity contribution in [3.8, 4) is 17.2 Å². The summed E-state index contributed by atoms with van der Waals surface area (Å²) in [5.74, 6) is 1.52. The number of halogens is 1. The zero-order valence-electron chi connectivity index (χ0n) is 14.0. The largest absolute Gasteiger partial charge is 0.486 e. The summed E-state index contributed by atoms with van der Waals surface area (Å²) in [6.45, 7) is 2.84. The lowest BCUT2D eigenvalue weighted by atomic mass is 10.2. The highest BCUT2D eigenvalue weighted by molar-refractivity contribution is 6.30. The van der Waals surface area contributed by atoms with Crippen molar-refractivity contribution in [1.82, 2.24) is 9.78 Å². The van der Waals surface area contributed by atoms with Crippen LogP contribution in [0.15, 0.2) is 48.5 Å². The maximum absolute atomic E-state index is 12.7. The van der Waals surface area contributed by atoms with E-state index in [0.29, 0.717) is 41.1 Å². The van der Waals surface area contributed by atoms with E-state index in [4.69, 9.17) is 21.1 Å². The van der Waals surface area contributed by atoms with Crippen molar-refractivity contribution in [2.45, 2.75) is 6.92 Å². The highest BCUT2D eigenvalue weighted by Gasteiger charge is 2.17. The first kappa shape index (κ1) is 16.5. The second kappa shape index (κ2) is 6.72. The van der Waals surface area contributed by atoms with Gasteiger partial charge in [0.2, 0.25) is 0 Å². The predicted molar refractivity (Wildman–Crippen MR) is 98.7 cm³/mol. The summed E-state index contributed by atoms with van der Waals surface area (Å²) in [6, 6.07) is 14.2. The van der Waals surface area contributed by atoms with Gasteiger partial charge in [-0.05, 0) is 43.3 Å². The summed E-state index contributed by atoms with van der Waals surface area (Å²) in [7, 11) is 0. The molecule has 3 aromatic rings. The Kier molecular flexibility index (Phi) is 4.26. The molecule has 26 heavy (non-hydrogen) atoms. The smallest absolute Gasteiger partial charge is 0.256 e. The Morgan fingerprint density at radius 1 is 1.12 bits per heavy atom. The first-order valence-electron chi connectivity index (χ1n) is 8.14. The van der Waals surface area contributed by atoms with Crippen LogP contribution >= 0.6 is 11.6 Å². The van der Waals surface area contributed by atoms with E-state index in [9.17, 15) is 4.79 Å². The Morgan fingerprint density at radius 3 is 2.73 bits per heavy atom. The molecule has 0 radical (unpaired) electrons. The number of fused-ring (bicyclic) bond motifs is 1. The number of aromatic nitrogens is 2. The molecule has 1 amide bonds. The van der Waals surface area contributed by atoms with Crippen LogP contribution < -0.4 is 14.8 Å². The number of benzene rings is 2. The molecule has 2 heterocycles. The van der Waals surface area contributed by atoms with Crippen molar-refractivity contribution in [3.05, 3.63) is 64.8 Å². The van der Waals surface area contributed by atoms with Crippen LogP contribution in [0.5, 0.6) is 11.5 Å². The van der Waals surface area contributed by atoms with Crippen molar-refractivity contribution in [2.75, 3.05) is 18.5 Å². The molecular weight excluding hydrogens is 354 g/mol. The molecule has 1 aliphatic heterocycles. The summed E-state index contributed by atoms with van der Waals surface area (Å²) < 4.78 is 12.7. The number of hydrogen-bond acceptors (Lipinski definition) is 4. The Balaban J connectivity index is 1.62. The number of rotatable bonds is 3. The molecule has 0 saturated carbocycles. The molecule has 132 valence electrons. The molecule has 6 nitrogen and oxygen atoms in total. The molecule has 0 unspecified atom stereocenters. The van der Waals surface area contributed by atoms with Gasteiger partial charge in [-0.25, -0.2) is 4.68 Å². The zero-order chi connectivity index (χ0) is 18.1. The number of anilines is 1. The number of carbonyl (C=O) groups excluding carboxylic acids is 1. The maximum atomic E-state index is 12.7. The fourth-order valence-corrected chi connectivity index (χ4v) is 2.95. The van der Waals surface area contributed by atoms with Crippen LogP contribution in [0.3, 0.4) is 0 Å². The summed E-state index contributed by atoms with van der Waals surface area (Å²) in [5.41, 5.74) is 2.02. The van der Waals surface area contributed by atoms with Gasteiger partial charge in [0.1, 0.15) is 19.0 Å². The van der Waals surface area contributed by atoms with Crippen molar-refractivity contribution >= 4 is 23.3 Å². The van der Waals surface area contributed by atoms with Crippen LogP contribution in [-0.2, 0) is 0 Å². The minimum absolute atomic E-state index is 0.259. The van der Waals surface area contributed by atoms with E-state index in [-0.39, 0.29) is 5.91 Å². The monoisotopic (exact) mass is 369 g/mol. The molecule has 0 spiro atoms. The van der Waals surface area contributed by atoms with E-state index >= 15 is 0 Å². The Hall–Kier alpha value is -2.99. The summed E-state index contributed by atoms with van der Waals surface area (Å²) in [6.07, 6.45) is 0. The Bertz CT molecular complexity index is 984. The number of amides is 1. The normalized spacial score (nSPS) is 12.7. The molecule has 0 atom stereocenters. The number of aryl methyl sites for hydroxylation is 1. The van der Waals surface area contributed by atoms with Crippen LogP contribution in [0.25, 0.3) is 5.69 Å². The number of hydrogen-bond donors (Lipinski definition) is 1. The van der Waals surface area contributed by atoms with E-state index in [2.05, 4.69) is 10.4 Å². The van der Waals surface area contributed by atoms with Crippen molar-refractivity contribution in [1.29, 1.82) is 0 Å².